The lowest BCUT2D eigenvalue weighted by molar-refractivity contribution is -0.130. The Morgan fingerprint density at radius 1 is 1.26 bits per heavy atom. The number of likely N-dealkylation sites (tertiary alicyclic amines) is 1. The minimum atomic E-state index is 0. The molecule has 2 aliphatic rings. The van der Waals surface area contributed by atoms with Crippen molar-refractivity contribution in [2.75, 3.05) is 13.1 Å². The summed E-state index contributed by atoms with van der Waals surface area (Å²) in [6, 6.07) is 0.336. The van der Waals surface area contributed by atoms with Crippen LogP contribution in [0.4, 0.5) is 0 Å². The van der Waals surface area contributed by atoms with Crippen molar-refractivity contribution < 1.29 is 4.79 Å². The van der Waals surface area contributed by atoms with E-state index in [0.717, 1.165) is 32.4 Å². The van der Waals surface area contributed by atoms with Gasteiger partial charge in [0.25, 0.3) is 0 Å². The topological polar surface area (TPSA) is 46.3 Å². The molecular formula is C15H29ClN2O. The van der Waals surface area contributed by atoms with Crippen LogP contribution in [0.2, 0.25) is 0 Å². The second kappa shape index (κ2) is 6.45. The molecule has 1 aliphatic carbocycles. The fourth-order valence-corrected chi connectivity index (χ4v) is 3.44. The Morgan fingerprint density at radius 2 is 1.95 bits per heavy atom. The van der Waals surface area contributed by atoms with Crippen molar-refractivity contribution >= 4 is 18.3 Å². The van der Waals surface area contributed by atoms with Crippen molar-refractivity contribution in [1.29, 1.82) is 0 Å². The van der Waals surface area contributed by atoms with Gasteiger partial charge in [-0.3, -0.25) is 4.79 Å². The molecule has 0 aromatic heterocycles. The van der Waals surface area contributed by atoms with Crippen LogP contribution >= 0.6 is 12.4 Å². The fraction of sp³-hybridized carbons (Fsp3) is 0.933. The number of hydrogen-bond donors (Lipinski definition) is 1. The van der Waals surface area contributed by atoms with Crippen LogP contribution in [0.15, 0.2) is 0 Å². The minimum absolute atomic E-state index is 0. The van der Waals surface area contributed by atoms with E-state index in [1.54, 1.807) is 0 Å². The van der Waals surface area contributed by atoms with Gasteiger partial charge in [0, 0.05) is 25.6 Å². The molecule has 0 aromatic carbocycles. The monoisotopic (exact) mass is 288 g/mol. The molecule has 1 amide bonds. The van der Waals surface area contributed by atoms with Crippen LogP contribution in [0.1, 0.15) is 52.9 Å². The molecule has 112 valence electrons. The van der Waals surface area contributed by atoms with E-state index in [1.807, 2.05) is 0 Å². The number of carbonyl (C=O) groups excluding carboxylic acids is 1. The number of carbonyl (C=O) groups is 1. The zero-order valence-electron chi connectivity index (χ0n) is 12.5. The second-order valence-corrected chi connectivity index (χ2v) is 7.38. The Kier molecular flexibility index (Phi) is 5.69. The number of halogens is 1. The highest BCUT2D eigenvalue weighted by molar-refractivity contribution is 5.85. The molecule has 3 atom stereocenters. The van der Waals surface area contributed by atoms with Gasteiger partial charge in [-0.2, -0.15) is 0 Å². The van der Waals surface area contributed by atoms with E-state index in [9.17, 15) is 4.79 Å². The molecule has 1 saturated heterocycles. The van der Waals surface area contributed by atoms with E-state index in [1.165, 1.54) is 6.42 Å². The zero-order chi connectivity index (χ0) is 13.3. The largest absolute Gasteiger partial charge is 0.342 e. The van der Waals surface area contributed by atoms with Crippen LogP contribution in [0.5, 0.6) is 0 Å². The van der Waals surface area contributed by atoms with Gasteiger partial charge < -0.3 is 10.6 Å². The Morgan fingerprint density at radius 3 is 2.53 bits per heavy atom. The van der Waals surface area contributed by atoms with E-state index in [-0.39, 0.29) is 12.4 Å². The van der Waals surface area contributed by atoms with Crippen molar-refractivity contribution in [2.45, 2.75) is 58.9 Å². The maximum absolute atomic E-state index is 12.2. The van der Waals surface area contributed by atoms with Gasteiger partial charge in [-0.25, -0.2) is 0 Å². The molecule has 3 nitrogen and oxygen atoms in total. The summed E-state index contributed by atoms with van der Waals surface area (Å²) in [4.78, 5) is 14.2. The van der Waals surface area contributed by atoms with Gasteiger partial charge in [-0.15, -0.1) is 12.4 Å². The maximum atomic E-state index is 12.2. The summed E-state index contributed by atoms with van der Waals surface area (Å²) < 4.78 is 0. The summed E-state index contributed by atoms with van der Waals surface area (Å²) in [5.74, 6) is 1.61. The first-order valence-electron chi connectivity index (χ1n) is 7.40. The summed E-state index contributed by atoms with van der Waals surface area (Å²) in [5, 5.41) is 0. The van der Waals surface area contributed by atoms with Crippen molar-refractivity contribution in [1.82, 2.24) is 4.90 Å². The highest BCUT2D eigenvalue weighted by Crippen LogP contribution is 2.37. The summed E-state index contributed by atoms with van der Waals surface area (Å²) in [7, 11) is 0. The van der Waals surface area contributed by atoms with Crippen LogP contribution in [0, 0.1) is 17.3 Å². The molecule has 1 heterocycles. The number of amides is 1. The number of rotatable bonds is 3. The van der Waals surface area contributed by atoms with E-state index in [0.29, 0.717) is 35.6 Å². The Labute approximate surface area is 123 Å². The number of fused-ring (bicyclic) bond motifs is 1. The van der Waals surface area contributed by atoms with Crippen molar-refractivity contribution in [2.24, 2.45) is 23.0 Å². The van der Waals surface area contributed by atoms with Crippen molar-refractivity contribution in [3.8, 4) is 0 Å². The number of nitrogens with two attached hydrogens (primary N) is 1. The molecule has 1 saturated carbocycles. The predicted molar refractivity (Wildman–Crippen MR) is 81.3 cm³/mol. The number of nitrogens with zero attached hydrogens (tertiary/aromatic N) is 1. The van der Waals surface area contributed by atoms with Crippen LogP contribution in [0.3, 0.4) is 0 Å². The molecule has 0 radical (unpaired) electrons. The number of hydrogen-bond acceptors (Lipinski definition) is 2. The fourth-order valence-electron chi connectivity index (χ4n) is 3.44. The first-order valence-corrected chi connectivity index (χ1v) is 7.40. The third-order valence-corrected chi connectivity index (χ3v) is 4.58. The Bertz CT molecular complexity index is 314. The van der Waals surface area contributed by atoms with Gasteiger partial charge in [0.1, 0.15) is 0 Å². The Hall–Kier alpha value is -0.280. The third kappa shape index (κ3) is 4.35. The van der Waals surface area contributed by atoms with Crippen molar-refractivity contribution in [3.05, 3.63) is 0 Å². The molecule has 2 fully saturated rings. The zero-order valence-corrected chi connectivity index (χ0v) is 13.3. The lowest BCUT2D eigenvalue weighted by atomic mass is 9.90. The predicted octanol–water partition coefficient (Wildman–Crippen LogP) is 2.82. The molecular weight excluding hydrogens is 260 g/mol. The van der Waals surface area contributed by atoms with Gasteiger partial charge in [0.15, 0.2) is 0 Å². The molecule has 1 aliphatic heterocycles. The normalized spacial score (nSPS) is 30.1. The molecule has 4 heteroatoms. The second-order valence-electron chi connectivity index (χ2n) is 7.38. The molecule has 2 N–H and O–H groups in total. The van der Waals surface area contributed by atoms with Gasteiger partial charge in [0.05, 0.1) is 0 Å². The summed E-state index contributed by atoms with van der Waals surface area (Å²) >= 11 is 0. The lowest BCUT2D eigenvalue weighted by Crippen LogP contribution is -2.33. The summed E-state index contributed by atoms with van der Waals surface area (Å²) in [6.07, 6.45) is 5.23. The quantitative estimate of drug-likeness (QED) is 0.868. The molecule has 2 rings (SSSR count). The molecule has 3 unspecified atom stereocenters. The van der Waals surface area contributed by atoms with E-state index >= 15 is 0 Å². The van der Waals surface area contributed by atoms with E-state index < -0.39 is 0 Å². The summed E-state index contributed by atoms with van der Waals surface area (Å²) in [6.45, 7) is 8.58. The lowest BCUT2D eigenvalue weighted by Gasteiger charge is -2.21. The van der Waals surface area contributed by atoms with Gasteiger partial charge >= 0.3 is 0 Å². The van der Waals surface area contributed by atoms with Crippen LogP contribution in [-0.2, 0) is 4.79 Å². The maximum Gasteiger partial charge on any atom is 0.222 e. The standard InChI is InChI=1S/C15H28N2O.ClH/c1-15(2,3)8-4-5-14(18)17-9-11-6-7-13(16)12(11)10-17;/h11-13H,4-10,16H2,1-3H3;1H. The minimum Gasteiger partial charge on any atom is -0.342 e. The summed E-state index contributed by atoms with van der Waals surface area (Å²) in [5.41, 5.74) is 6.44. The van der Waals surface area contributed by atoms with Crippen LogP contribution in [-0.4, -0.2) is 29.9 Å². The molecule has 0 bridgehead atoms. The highest BCUT2D eigenvalue weighted by Gasteiger charge is 2.42. The van der Waals surface area contributed by atoms with Crippen LogP contribution < -0.4 is 5.73 Å². The van der Waals surface area contributed by atoms with E-state index in [4.69, 9.17) is 5.73 Å². The third-order valence-electron chi connectivity index (χ3n) is 4.58. The SMILES string of the molecule is CC(C)(C)CCCC(=O)N1CC2CCC(N)C2C1.Cl. The average Bonchev–Trinajstić information content (AvgIpc) is 2.79. The molecule has 19 heavy (non-hydrogen) atoms. The average molecular weight is 289 g/mol. The first kappa shape index (κ1) is 16.8. The highest BCUT2D eigenvalue weighted by atomic mass is 35.5. The molecule has 0 spiro atoms. The first-order chi connectivity index (χ1) is 8.37. The van der Waals surface area contributed by atoms with Crippen molar-refractivity contribution in [3.63, 3.8) is 0 Å². The van der Waals surface area contributed by atoms with Gasteiger partial charge in [-0.1, -0.05) is 20.8 Å². The Balaban J connectivity index is 0.00000180. The molecule has 0 aromatic rings. The van der Waals surface area contributed by atoms with Gasteiger partial charge in [0.2, 0.25) is 5.91 Å². The van der Waals surface area contributed by atoms with Gasteiger partial charge in [-0.05, 0) is 42.9 Å². The van der Waals surface area contributed by atoms with Crippen LogP contribution in [0.25, 0.3) is 0 Å². The van der Waals surface area contributed by atoms with E-state index in [2.05, 4.69) is 25.7 Å². The smallest absolute Gasteiger partial charge is 0.222 e.